The maximum atomic E-state index is 12.7. The molecule has 1 amide bonds. The van der Waals surface area contributed by atoms with Crippen molar-refractivity contribution in [1.29, 1.82) is 0 Å². The molecule has 108 valence electrons. The fourth-order valence-electron chi connectivity index (χ4n) is 2.39. The van der Waals surface area contributed by atoms with E-state index in [1.54, 1.807) is 12.3 Å². The van der Waals surface area contributed by atoms with Crippen LogP contribution in [0.3, 0.4) is 0 Å². The fourth-order valence-corrected chi connectivity index (χ4v) is 3.60. The zero-order valence-electron chi connectivity index (χ0n) is 11.3. The Balaban J connectivity index is 1.88. The van der Waals surface area contributed by atoms with E-state index in [4.69, 9.17) is 11.6 Å². The molecule has 0 N–H and O–H groups in total. The molecule has 0 radical (unpaired) electrons. The molecule has 4 nitrogen and oxygen atoms in total. The molecule has 1 aliphatic rings. The number of rotatable bonds is 2. The highest BCUT2D eigenvalue weighted by Gasteiger charge is 2.29. The van der Waals surface area contributed by atoms with Crippen LogP contribution in [-0.2, 0) is 0 Å². The van der Waals surface area contributed by atoms with Crippen molar-refractivity contribution < 1.29 is 4.79 Å². The Labute approximate surface area is 132 Å². The summed E-state index contributed by atoms with van der Waals surface area (Å²) in [4.78, 5) is 14.6. The van der Waals surface area contributed by atoms with Crippen LogP contribution < -0.4 is 0 Å². The second kappa shape index (κ2) is 6.45. The molecule has 1 aliphatic heterocycles. The van der Waals surface area contributed by atoms with Crippen LogP contribution in [0.5, 0.6) is 0 Å². The summed E-state index contributed by atoms with van der Waals surface area (Å²) in [6.07, 6.45) is 3.06. The van der Waals surface area contributed by atoms with E-state index in [0.29, 0.717) is 10.6 Å². The molecule has 21 heavy (non-hydrogen) atoms. The molecule has 2 heterocycles. The van der Waals surface area contributed by atoms with Gasteiger partial charge in [0.1, 0.15) is 0 Å². The summed E-state index contributed by atoms with van der Waals surface area (Å²) in [5, 5.41) is 8.22. The predicted octanol–water partition coefficient (Wildman–Crippen LogP) is 3.06. The number of nitrogens with zero attached hydrogens (tertiary/aromatic N) is 3. The van der Waals surface area contributed by atoms with Crippen molar-refractivity contribution in [2.24, 2.45) is 0 Å². The molecule has 0 saturated carbocycles. The number of hydrogen-bond acceptors (Lipinski definition) is 4. The van der Waals surface area contributed by atoms with E-state index in [1.165, 1.54) is 6.20 Å². The Morgan fingerprint density at radius 3 is 2.76 bits per heavy atom. The molecule has 1 saturated heterocycles. The van der Waals surface area contributed by atoms with Crippen molar-refractivity contribution in [3.63, 3.8) is 0 Å². The van der Waals surface area contributed by atoms with Gasteiger partial charge < -0.3 is 4.90 Å². The average Bonchev–Trinajstić information content (AvgIpc) is 2.56. The van der Waals surface area contributed by atoms with Crippen LogP contribution in [0.15, 0.2) is 42.7 Å². The van der Waals surface area contributed by atoms with Gasteiger partial charge in [-0.15, -0.1) is 0 Å². The summed E-state index contributed by atoms with van der Waals surface area (Å²) in [5.74, 6) is 1.85. The number of hydrogen-bond donors (Lipinski definition) is 0. The van der Waals surface area contributed by atoms with Gasteiger partial charge in [0.25, 0.3) is 5.91 Å². The lowest BCUT2D eigenvalue weighted by atomic mass is 10.1. The molecule has 1 atom stereocenters. The molecule has 6 heteroatoms. The first-order valence-electron chi connectivity index (χ1n) is 6.66. The van der Waals surface area contributed by atoms with Gasteiger partial charge in [0.2, 0.25) is 0 Å². The van der Waals surface area contributed by atoms with Crippen molar-refractivity contribution in [2.45, 2.75) is 6.04 Å². The number of carbonyl (C=O) groups is 1. The number of amides is 1. The van der Waals surface area contributed by atoms with Gasteiger partial charge >= 0.3 is 0 Å². The zero-order chi connectivity index (χ0) is 14.7. The first kappa shape index (κ1) is 14.4. The third kappa shape index (κ3) is 3.19. The van der Waals surface area contributed by atoms with Crippen LogP contribution in [-0.4, -0.2) is 39.1 Å². The molecule has 0 bridgehead atoms. The minimum absolute atomic E-state index is 0.00477. The molecule has 3 rings (SSSR count). The van der Waals surface area contributed by atoms with E-state index < -0.39 is 0 Å². The number of halogens is 1. The number of benzene rings is 1. The van der Waals surface area contributed by atoms with E-state index in [0.717, 1.165) is 23.6 Å². The SMILES string of the molecule is O=C(c1ccnnc1)N1CCSC[C@@H]1c1ccc(Cl)cc1. The van der Waals surface area contributed by atoms with Gasteiger partial charge in [-0.25, -0.2) is 0 Å². The Morgan fingerprint density at radius 2 is 2.05 bits per heavy atom. The average molecular weight is 320 g/mol. The Bertz CT molecular complexity index is 621. The molecule has 2 aromatic rings. The summed E-state index contributed by atoms with van der Waals surface area (Å²) in [6.45, 7) is 0.735. The lowest BCUT2D eigenvalue weighted by Gasteiger charge is -2.35. The molecule has 0 aliphatic carbocycles. The van der Waals surface area contributed by atoms with Crippen LogP contribution in [0.4, 0.5) is 0 Å². The maximum absolute atomic E-state index is 12.7. The first-order chi connectivity index (χ1) is 10.3. The van der Waals surface area contributed by atoms with Crippen molar-refractivity contribution in [3.8, 4) is 0 Å². The smallest absolute Gasteiger partial charge is 0.256 e. The molecule has 1 aromatic carbocycles. The number of aromatic nitrogens is 2. The standard InChI is InChI=1S/C15H14ClN3OS/c16-13-3-1-11(2-4-13)14-10-21-8-7-19(14)15(20)12-5-6-17-18-9-12/h1-6,9,14H,7-8,10H2/t14-/m1/s1. The van der Waals surface area contributed by atoms with Gasteiger partial charge in [-0.3, -0.25) is 4.79 Å². The number of thioether (sulfide) groups is 1. The fraction of sp³-hybridized carbons (Fsp3) is 0.267. The molecule has 0 unspecified atom stereocenters. The van der Waals surface area contributed by atoms with Crippen LogP contribution in [0, 0.1) is 0 Å². The van der Waals surface area contributed by atoms with E-state index in [9.17, 15) is 4.79 Å². The second-order valence-electron chi connectivity index (χ2n) is 4.77. The van der Waals surface area contributed by atoms with Gasteiger partial charge in [-0.1, -0.05) is 23.7 Å². The first-order valence-corrected chi connectivity index (χ1v) is 8.20. The predicted molar refractivity (Wildman–Crippen MR) is 84.6 cm³/mol. The quantitative estimate of drug-likeness (QED) is 0.853. The number of carbonyl (C=O) groups excluding carboxylic acids is 1. The van der Waals surface area contributed by atoms with E-state index in [2.05, 4.69) is 10.2 Å². The minimum Gasteiger partial charge on any atom is -0.330 e. The Kier molecular flexibility index (Phi) is 4.41. The third-order valence-corrected chi connectivity index (χ3v) is 4.75. The van der Waals surface area contributed by atoms with E-state index in [-0.39, 0.29) is 11.9 Å². The van der Waals surface area contributed by atoms with Gasteiger partial charge in [-0.05, 0) is 23.8 Å². The highest BCUT2D eigenvalue weighted by atomic mass is 35.5. The lowest BCUT2D eigenvalue weighted by molar-refractivity contribution is 0.0700. The van der Waals surface area contributed by atoms with Crippen molar-refractivity contribution in [1.82, 2.24) is 15.1 Å². The van der Waals surface area contributed by atoms with Crippen LogP contribution >= 0.6 is 23.4 Å². The Hall–Kier alpha value is -1.59. The van der Waals surface area contributed by atoms with Crippen molar-refractivity contribution in [3.05, 3.63) is 58.9 Å². The monoisotopic (exact) mass is 319 g/mol. The van der Waals surface area contributed by atoms with E-state index >= 15 is 0 Å². The van der Waals surface area contributed by atoms with Gasteiger partial charge in [0.05, 0.1) is 24.0 Å². The summed E-state index contributed by atoms with van der Waals surface area (Å²) >= 11 is 7.81. The van der Waals surface area contributed by atoms with Crippen molar-refractivity contribution >= 4 is 29.3 Å². The highest BCUT2D eigenvalue weighted by Crippen LogP contribution is 2.31. The summed E-state index contributed by atoms with van der Waals surface area (Å²) in [5.41, 5.74) is 1.69. The second-order valence-corrected chi connectivity index (χ2v) is 6.36. The van der Waals surface area contributed by atoms with Gasteiger partial charge in [0.15, 0.2) is 0 Å². The molecule has 1 fully saturated rings. The molecule has 0 spiro atoms. The topological polar surface area (TPSA) is 46.1 Å². The third-order valence-electron chi connectivity index (χ3n) is 3.48. The Morgan fingerprint density at radius 1 is 1.24 bits per heavy atom. The molecular weight excluding hydrogens is 306 g/mol. The van der Waals surface area contributed by atoms with Crippen LogP contribution in [0.2, 0.25) is 5.02 Å². The normalized spacial score (nSPS) is 18.5. The maximum Gasteiger partial charge on any atom is 0.256 e. The van der Waals surface area contributed by atoms with Gasteiger partial charge in [-0.2, -0.15) is 22.0 Å². The lowest BCUT2D eigenvalue weighted by Crippen LogP contribution is -2.40. The molecule has 1 aromatic heterocycles. The largest absolute Gasteiger partial charge is 0.330 e. The molecular formula is C15H14ClN3OS. The summed E-state index contributed by atoms with van der Waals surface area (Å²) in [6, 6.07) is 9.49. The highest BCUT2D eigenvalue weighted by molar-refractivity contribution is 7.99. The zero-order valence-corrected chi connectivity index (χ0v) is 12.8. The van der Waals surface area contributed by atoms with Crippen LogP contribution in [0.1, 0.15) is 22.0 Å². The summed E-state index contributed by atoms with van der Waals surface area (Å²) < 4.78 is 0. The van der Waals surface area contributed by atoms with Crippen LogP contribution in [0.25, 0.3) is 0 Å². The van der Waals surface area contributed by atoms with Gasteiger partial charge in [0, 0.05) is 23.1 Å². The summed E-state index contributed by atoms with van der Waals surface area (Å²) in [7, 11) is 0. The minimum atomic E-state index is 0.00477. The van der Waals surface area contributed by atoms with E-state index in [1.807, 2.05) is 40.9 Å². The van der Waals surface area contributed by atoms with Crippen molar-refractivity contribution in [2.75, 3.05) is 18.1 Å².